The summed E-state index contributed by atoms with van der Waals surface area (Å²) in [4.78, 5) is 66.8. The standard InChI is InChI=1S/C35H52N2O12/c1-17-13-22-29(41)27(26(30(42)32(22)47-8)33(48-9)23(39)16-21(5)38)37-34(43)18(2)11-10-12-24(45-6)31(49-35(36)44)20(4)15-19(3)28(40)25(14-17)46-7/h11,15,17,19,21,24-25,28,31,33,38,40H,10,12-14,16H2,1-9H3,(H2,36,44)(H,37,43)/b18-11-,20-15-/t17-,19+,21-,24+,25+,28-,31-,33-/m1/s1. The number of aliphatic hydroxyl groups is 2. The number of nitrogens with two attached hydrogens (primary N) is 1. The van der Waals surface area contributed by atoms with Crippen molar-refractivity contribution in [1.82, 2.24) is 5.32 Å². The van der Waals surface area contributed by atoms with Gasteiger partial charge in [-0.25, -0.2) is 4.79 Å². The lowest BCUT2D eigenvalue weighted by molar-refractivity contribution is -0.131. The normalized spacial score (nSPS) is 30.1. The number of allylic oxidation sites excluding steroid dienone is 3. The molecule has 274 valence electrons. The number of hydrogen-bond acceptors (Lipinski definition) is 12. The SMILES string of the molecule is COC1=C2C[C@@H](C)C[C@H](OC)[C@H](O)[C@@H](C)/C=C(/C)[C@@H](OC(N)=O)[C@@H](OC)CC/C=C(/C)C(=O)NC(=C([C@H](OC)C(=O)C[C@@H](C)O)C1=O)C2=O. The van der Waals surface area contributed by atoms with E-state index in [9.17, 15) is 34.2 Å². The smallest absolute Gasteiger partial charge is 0.405 e. The number of methoxy groups -OCH3 is 4. The lowest BCUT2D eigenvalue weighted by Gasteiger charge is -2.31. The minimum absolute atomic E-state index is 0.00559. The maximum absolute atomic E-state index is 14.2. The number of Topliss-reactive ketones (excluding diaryl/α,β-unsaturated/α-hetero) is 3. The zero-order chi connectivity index (χ0) is 37.2. The van der Waals surface area contributed by atoms with Crippen LogP contribution in [0.4, 0.5) is 4.79 Å². The molecule has 0 aromatic heterocycles. The Morgan fingerprint density at radius 3 is 2.20 bits per heavy atom. The molecule has 14 nitrogen and oxygen atoms in total. The molecule has 0 saturated heterocycles. The summed E-state index contributed by atoms with van der Waals surface area (Å²) in [5.74, 6) is -4.12. The molecule has 2 rings (SSSR count). The highest BCUT2D eigenvalue weighted by Crippen LogP contribution is 2.34. The van der Waals surface area contributed by atoms with Gasteiger partial charge in [0.15, 0.2) is 17.6 Å². The number of carbonyl (C=O) groups excluding carboxylic acids is 5. The summed E-state index contributed by atoms with van der Waals surface area (Å²) in [6.07, 6.45) is -3.28. The summed E-state index contributed by atoms with van der Waals surface area (Å²) < 4.78 is 27.6. The molecule has 49 heavy (non-hydrogen) atoms. The molecule has 8 atom stereocenters. The van der Waals surface area contributed by atoms with Gasteiger partial charge in [-0.3, -0.25) is 19.2 Å². The summed E-state index contributed by atoms with van der Waals surface area (Å²) in [6, 6.07) is 0. The van der Waals surface area contributed by atoms with Crippen LogP contribution < -0.4 is 11.1 Å². The molecule has 14 heteroatoms. The highest BCUT2D eigenvalue weighted by molar-refractivity contribution is 6.27. The molecule has 0 radical (unpaired) electrons. The van der Waals surface area contributed by atoms with Crippen molar-refractivity contribution in [2.24, 2.45) is 17.6 Å². The summed E-state index contributed by atoms with van der Waals surface area (Å²) in [7, 11) is 5.29. The van der Waals surface area contributed by atoms with Crippen molar-refractivity contribution in [2.75, 3.05) is 28.4 Å². The van der Waals surface area contributed by atoms with Crippen LogP contribution in [0.15, 0.2) is 45.9 Å². The highest BCUT2D eigenvalue weighted by Gasteiger charge is 2.43. The molecule has 0 spiro atoms. The molecule has 1 heterocycles. The fourth-order valence-corrected chi connectivity index (χ4v) is 6.23. The first-order valence-corrected chi connectivity index (χ1v) is 16.2. The Labute approximate surface area is 287 Å². The third-order valence-electron chi connectivity index (χ3n) is 8.75. The van der Waals surface area contributed by atoms with Crippen molar-refractivity contribution in [3.63, 3.8) is 0 Å². The topological polar surface area (TPSA) is 210 Å². The Bertz CT molecular complexity index is 1380. The molecule has 2 bridgehead atoms. The van der Waals surface area contributed by atoms with Crippen molar-refractivity contribution in [2.45, 2.75) is 103 Å². The molecule has 2 amide bonds. The largest absolute Gasteiger partial charge is 0.492 e. The predicted octanol–water partition coefficient (Wildman–Crippen LogP) is 2.36. The van der Waals surface area contributed by atoms with Crippen molar-refractivity contribution in [1.29, 1.82) is 0 Å². The van der Waals surface area contributed by atoms with Crippen molar-refractivity contribution in [3.05, 3.63) is 45.9 Å². The average molecular weight is 693 g/mol. The van der Waals surface area contributed by atoms with Gasteiger partial charge in [-0.05, 0) is 57.9 Å². The van der Waals surface area contributed by atoms with E-state index in [2.05, 4.69) is 5.32 Å². The second-order valence-electron chi connectivity index (χ2n) is 12.7. The number of fused-ring (bicyclic) bond motifs is 2. The van der Waals surface area contributed by atoms with Gasteiger partial charge < -0.3 is 44.9 Å². The van der Waals surface area contributed by atoms with Crippen LogP contribution in [0.25, 0.3) is 0 Å². The number of hydrogen-bond donors (Lipinski definition) is 4. The van der Waals surface area contributed by atoms with Crippen LogP contribution in [0.3, 0.4) is 0 Å². The third kappa shape index (κ3) is 10.6. The number of primary amides is 1. The van der Waals surface area contributed by atoms with E-state index in [0.29, 0.717) is 5.57 Å². The summed E-state index contributed by atoms with van der Waals surface area (Å²) >= 11 is 0. The summed E-state index contributed by atoms with van der Waals surface area (Å²) in [5, 5.41) is 23.8. The molecular weight excluding hydrogens is 640 g/mol. The lowest BCUT2D eigenvalue weighted by atomic mass is 9.82. The second kappa shape index (κ2) is 18.9. The first-order valence-electron chi connectivity index (χ1n) is 16.2. The maximum atomic E-state index is 14.2. The molecule has 5 N–H and O–H groups in total. The van der Waals surface area contributed by atoms with Crippen molar-refractivity contribution in [3.8, 4) is 0 Å². The van der Waals surface area contributed by atoms with Gasteiger partial charge in [-0.2, -0.15) is 0 Å². The molecule has 0 saturated carbocycles. The zero-order valence-electron chi connectivity index (χ0n) is 29.9. The number of ketones is 3. The van der Waals surface area contributed by atoms with Crippen LogP contribution in [-0.4, -0.2) is 105 Å². The first-order chi connectivity index (χ1) is 23.0. The summed E-state index contributed by atoms with van der Waals surface area (Å²) in [6.45, 7) is 8.22. The van der Waals surface area contributed by atoms with Crippen LogP contribution in [0.2, 0.25) is 0 Å². The number of rotatable bonds is 9. The van der Waals surface area contributed by atoms with Crippen molar-refractivity contribution >= 4 is 29.4 Å². The number of nitrogens with one attached hydrogen (secondary N) is 1. The molecule has 2 aliphatic rings. The minimum atomic E-state index is -1.59. The molecule has 1 aliphatic heterocycles. The predicted molar refractivity (Wildman–Crippen MR) is 178 cm³/mol. The minimum Gasteiger partial charge on any atom is -0.492 e. The Balaban J connectivity index is 2.77. The zero-order valence-corrected chi connectivity index (χ0v) is 29.9. The van der Waals surface area contributed by atoms with E-state index >= 15 is 0 Å². The van der Waals surface area contributed by atoms with Gasteiger partial charge in [0.2, 0.25) is 11.6 Å². The van der Waals surface area contributed by atoms with E-state index in [-0.39, 0.29) is 54.9 Å². The van der Waals surface area contributed by atoms with Gasteiger partial charge >= 0.3 is 6.09 Å². The quantitative estimate of drug-likeness (QED) is 0.203. The average Bonchev–Trinajstić information content (AvgIpc) is 3.03. The fourth-order valence-electron chi connectivity index (χ4n) is 6.23. The Morgan fingerprint density at radius 2 is 1.67 bits per heavy atom. The summed E-state index contributed by atoms with van der Waals surface area (Å²) in [5.41, 5.74) is 5.28. The van der Waals surface area contributed by atoms with Gasteiger partial charge in [0.25, 0.3) is 5.91 Å². The van der Waals surface area contributed by atoms with Crippen LogP contribution in [-0.2, 0) is 42.9 Å². The number of aliphatic hydroxyl groups excluding tert-OH is 2. The number of ether oxygens (including phenoxy) is 5. The first kappa shape index (κ1) is 41.5. The van der Waals surface area contributed by atoms with Crippen LogP contribution in [0, 0.1) is 11.8 Å². The van der Waals surface area contributed by atoms with E-state index < -0.39 is 83.2 Å². The van der Waals surface area contributed by atoms with Gasteiger partial charge in [0.1, 0.15) is 6.10 Å². The van der Waals surface area contributed by atoms with Gasteiger partial charge in [0, 0.05) is 44.8 Å². The van der Waals surface area contributed by atoms with Gasteiger partial charge in [0.05, 0.1) is 42.8 Å². The Kier molecular flexibility index (Phi) is 16.0. The van der Waals surface area contributed by atoms with Crippen LogP contribution in [0.1, 0.15) is 66.7 Å². The monoisotopic (exact) mass is 692 g/mol. The molecule has 0 unspecified atom stereocenters. The number of amides is 2. The van der Waals surface area contributed by atoms with Crippen LogP contribution in [0.5, 0.6) is 0 Å². The van der Waals surface area contributed by atoms with E-state index in [1.54, 1.807) is 32.9 Å². The molecule has 0 aromatic rings. The molecular formula is C35H52N2O12. The molecule has 0 aromatic carbocycles. The second-order valence-corrected chi connectivity index (χ2v) is 12.7. The van der Waals surface area contributed by atoms with Gasteiger partial charge in [-0.15, -0.1) is 0 Å². The van der Waals surface area contributed by atoms with E-state index in [0.717, 1.165) is 0 Å². The Morgan fingerprint density at radius 1 is 1.04 bits per heavy atom. The molecule has 0 fully saturated rings. The molecule has 1 aliphatic carbocycles. The number of carbonyl (C=O) groups is 5. The van der Waals surface area contributed by atoms with Crippen molar-refractivity contribution < 1.29 is 57.9 Å². The fraction of sp³-hybridized carbons (Fsp3) is 0.629. The highest BCUT2D eigenvalue weighted by atomic mass is 16.6. The Hall–Kier alpha value is -3.69. The van der Waals surface area contributed by atoms with E-state index in [1.807, 2.05) is 0 Å². The van der Waals surface area contributed by atoms with Gasteiger partial charge in [-0.1, -0.05) is 26.0 Å². The van der Waals surface area contributed by atoms with Crippen LogP contribution >= 0.6 is 0 Å². The third-order valence-corrected chi connectivity index (χ3v) is 8.75. The maximum Gasteiger partial charge on any atom is 0.405 e. The van der Waals surface area contributed by atoms with E-state index in [1.165, 1.54) is 42.3 Å². The lowest BCUT2D eigenvalue weighted by Crippen LogP contribution is -2.42. The van der Waals surface area contributed by atoms with E-state index in [4.69, 9.17) is 29.4 Å².